The lowest BCUT2D eigenvalue weighted by Gasteiger charge is -2.45. The number of anilines is 2. The molecule has 0 amide bonds. The third kappa shape index (κ3) is 2.09. The van der Waals surface area contributed by atoms with Crippen LogP contribution in [0.5, 0.6) is 0 Å². The first-order valence-corrected chi connectivity index (χ1v) is 8.87. The minimum atomic E-state index is 0.299. The molecule has 1 atom stereocenters. The minimum Gasteiger partial charge on any atom is -0.368 e. The standard InChI is InChI=1S/C17H27N5/c18-10-5-12-6-11-22(12)15-13-4-3-9-17(7-1-2-8-17)14(13)20-16(19)21-15/h12H,1-11,18H2,(H2,19,20,21). The van der Waals surface area contributed by atoms with Crippen LogP contribution in [0.4, 0.5) is 11.8 Å². The largest absolute Gasteiger partial charge is 0.368 e. The van der Waals surface area contributed by atoms with E-state index in [1.807, 2.05) is 0 Å². The molecule has 2 heterocycles. The quantitative estimate of drug-likeness (QED) is 0.894. The third-order valence-electron chi connectivity index (χ3n) is 6.06. The molecule has 120 valence electrons. The highest BCUT2D eigenvalue weighted by Gasteiger charge is 2.43. The second-order valence-corrected chi connectivity index (χ2v) is 7.29. The molecule has 1 saturated heterocycles. The van der Waals surface area contributed by atoms with E-state index in [2.05, 4.69) is 9.88 Å². The summed E-state index contributed by atoms with van der Waals surface area (Å²) >= 11 is 0. The lowest BCUT2D eigenvalue weighted by Crippen LogP contribution is -2.50. The molecule has 0 aromatic carbocycles. The summed E-state index contributed by atoms with van der Waals surface area (Å²) in [5.74, 6) is 1.58. The Morgan fingerprint density at radius 1 is 1.14 bits per heavy atom. The van der Waals surface area contributed by atoms with Crippen molar-refractivity contribution in [2.75, 3.05) is 23.7 Å². The predicted molar refractivity (Wildman–Crippen MR) is 89.0 cm³/mol. The highest BCUT2D eigenvalue weighted by Crippen LogP contribution is 2.50. The minimum absolute atomic E-state index is 0.299. The Bertz CT molecular complexity index is 564. The molecule has 0 radical (unpaired) electrons. The molecule has 5 nitrogen and oxygen atoms in total. The number of nitrogens with two attached hydrogens (primary N) is 2. The van der Waals surface area contributed by atoms with Crippen LogP contribution in [0.2, 0.25) is 0 Å². The average Bonchev–Trinajstić information content (AvgIpc) is 2.94. The highest BCUT2D eigenvalue weighted by atomic mass is 15.3. The lowest BCUT2D eigenvalue weighted by molar-refractivity contribution is 0.354. The summed E-state index contributed by atoms with van der Waals surface area (Å²) in [6.45, 7) is 1.83. The van der Waals surface area contributed by atoms with E-state index in [1.165, 1.54) is 56.2 Å². The first kappa shape index (κ1) is 14.2. The summed E-state index contributed by atoms with van der Waals surface area (Å²) in [4.78, 5) is 11.8. The fraction of sp³-hybridized carbons (Fsp3) is 0.765. The Balaban J connectivity index is 1.76. The Morgan fingerprint density at radius 3 is 2.59 bits per heavy atom. The monoisotopic (exact) mass is 301 g/mol. The van der Waals surface area contributed by atoms with Crippen LogP contribution in [0, 0.1) is 0 Å². The van der Waals surface area contributed by atoms with Crippen molar-refractivity contribution in [3.63, 3.8) is 0 Å². The first-order valence-electron chi connectivity index (χ1n) is 8.87. The second-order valence-electron chi connectivity index (χ2n) is 7.29. The number of aromatic nitrogens is 2. The molecule has 2 fully saturated rings. The summed E-state index contributed by atoms with van der Waals surface area (Å²) in [7, 11) is 0. The van der Waals surface area contributed by atoms with E-state index in [-0.39, 0.29) is 0 Å². The SMILES string of the molecule is NCCC1CCN1c1nc(N)nc2c1CCCC21CCCC1. The molecule has 1 spiro atoms. The van der Waals surface area contributed by atoms with Crippen LogP contribution in [0.1, 0.15) is 62.6 Å². The number of hydrogen-bond donors (Lipinski definition) is 2. The van der Waals surface area contributed by atoms with Crippen molar-refractivity contribution in [1.29, 1.82) is 0 Å². The number of nitrogen functional groups attached to an aromatic ring is 1. The van der Waals surface area contributed by atoms with Crippen LogP contribution < -0.4 is 16.4 Å². The van der Waals surface area contributed by atoms with Gasteiger partial charge in [-0.2, -0.15) is 4.98 Å². The van der Waals surface area contributed by atoms with Gasteiger partial charge in [0.05, 0.1) is 5.69 Å². The molecule has 1 aromatic rings. The van der Waals surface area contributed by atoms with Crippen LogP contribution in [-0.4, -0.2) is 29.1 Å². The molecule has 22 heavy (non-hydrogen) atoms. The smallest absolute Gasteiger partial charge is 0.222 e. The van der Waals surface area contributed by atoms with Gasteiger partial charge < -0.3 is 16.4 Å². The van der Waals surface area contributed by atoms with E-state index in [9.17, 15) is 0 Å². The number of hydrogen-bond acceptors (Lipinski definition) is 5. The fourth-order valence-corrected chi connectivity index (χ4v) is 4.87. The molecule has 5 heteroatoms. The normalized spacial score (nSPS) is 26.0. The maximum absolute atomic E-state index is 6.10. The molecule has 4 rings (SSSR count). The summed E-state index contributed by atoms with van der Waals surface area (Å²) in [5.41, 5.74) is 14.8. The topological polar surface area (TPSA) is 81.1 Å². The Kier molecular flexibility index (Phi) is 3.48. The zero-order valence-corrected chi connectivity index (χ0v) is 13.4. The summed E-state index contributed by atoms with van der Waals surface area (Å²) in [5, 5.41) is 0. The van der Waals surface area contributed by atoms with Gasteiger partial charge in [0.2, 0.25) is 5.95 Å². The number of nitrogens with zero attached hydrogens (tertiary/aromatic N) is 3. The molecular formula is C17H27N5. The Labute approximate surface area is 132 Å². The van der Waals surface area contributed by atoms with Crippen molar-refractivity contribution in [3.05, 3.63) is 11.3 Å². The van der Waals surface area contributed by atoms with E-state index in [4.69, 9.17) is 16.5 Å². The van der Waals surface area contributed by atoms with E-state index in [0.29, 0.717) is 17.4 Å². The van der Waals surface area contributed by atoms with E-state index in [1.54, 1.807) is 0 Å². The third-order valence-corrected chi connectivity index (χ3v) is 6.06. The van der Waals surface area contributed by atoms with Crippen molar-refractivity contribution >= 4 is 11.8 Å². The van der Waals surface area contributed by atoms with Crippen LogP contribution in [0.15, 0.2) is 0 Å². The summed E-state index contributed by atoms with van der Waals surface area (Å²) < 4.78 is 0. The van der Waals surface area contributed by atoms with Crippen molar-refractivity contribution in [3.8, 4) is 0 Å². The van der Waals surface area contributed by atoms with Crippen molar-refractivity contribution in [2.45, 2.75) is 69.2 Å². The molecule has 1 aromatic heterocycles. The van der Waals surface area contributed by atoms with E-state index in [0.717, 1.165) is 31.7 Å². The van der Waals surface area contributed by atoms with Gasteiger partial charge in [-0.3, -0.25) is 0 Å². The second kappa shape index (κ2) is 5.37. The lowest BCUT2D eigenvalue weighted by atomic mass is 9.71. The molecule has 1 saturated carbocycles. The van der Waals surface area contributed by atoms with Crippen LogP contribution in [-0.2, 0) is 11.8 Å². The van der Waals surface area contributed by atoms with Gasteiger partial charge in [-0.25, -0.2) is 4.98 Å². The van der Waals surface area contributed by atoms with Crippen molar-refractivity contribution in [1.82, 2.24) is 9.97 Å². The zero-order valence-electron chi connectivity index (χ0n) is 13.4. The summed E-state index contributed by atoms with van der Waals surface area (Å²) in [6.07, 6.45) is 11.1. The molecule has 4 N–H and O–H groups in total. The van der Waals surface area contributed by atoms with Gasteiger partial charge in [-0.05, 0) is 51.5 Å². The molecular weight excluding hydrogens is 274 g/mol. The van der Waals surface area contributed by atoms with Gasteiger partial charge >= 0.3 is 0 Å². The number of rotatable bonds is 3. The van der Waals surface area contributed by atoms with Gasteiger partial charge in [-0.1, -0.05) is 12.8 Å². The molecule has 1 aliphatic heterocycles. The van der Waals surface area contributed by atoms with Crippen molar-refractivity contribution < 1.29 is 0 Å². The first-order chi connectivity index (χ1) is 10.7. The molecule has 0 bridgehead atoms. The molecule has 1 unspecified atom stereocenters. The summed E-state index contributed by atoms with van der Waals surface area (Å²) in [6, 6.07) is 0.546. The van der Waals surface area contributed by atoms with Crippen LogP contribution >= 0.6 is 0 Å². The van der Waals surface area contributed by atoms with Gasteiger partial charge in [-0.15, -0.1) is 0 Å². The van der Waals surface area contributed by atoms with Crippen LogP contribution in [0.3, 0.4) is 0 Å². The Hall–Kier alpha value is -1.36. The van der Waals surface area contributed by atoms with Gasteiger partial charge in [0, 0.05) is 23.6 Å². The maximum Gasteiger partial charge on any atom is 0.222 e. The van der Waals surface area contributed by atoms with Crippen molar-refractivity contribution in [2.24, 2.45) is 5.73 Å². The van der Waals surface area contributed by atoms with E-state index < -0.39 is 0 Å². The zero-order chi connectivity index (χ0) is 15.2. The van der Waals surface area contributed by atoms with Gasteiger partial charge in [0.1, 0.15) is 5.82 Å². The molecule has 3 aliphatic rings. The van der Waals surface area contributed by atoms with E-state index >= 15 is 0 Å². The molecule has 2 aliphatic carbocycles. The van der Waals surface area contributed by atoms with Gasteiger partial charge in [0.25, 0.3) is 0 Å². The van der Waals surface area contributed by atoms with Crippen LogP contribution in [0.25, 0.3) is 0 Å². The van der Waals surface area contributed by atoms with Gasteiger partial charge in [0.15, 0.2) is 0 Å². The Morgan fingerprint density at radius 2 is 1.91 bits per heavy atom. The predicted octanol–water partition coefficient (Wildman–Crippen LogP) is 2.13. The average molecular weight is 301 g/mol. The highest BCUT2D eigenvalue weighted by molar-refractivity contribution is 5.57. The number of fused-ring (bicyclic) bond motifs is 2. The maximum atomic E-state index is 6.10. The fourth-order valence-electron chi connectivity index (χ4n) is 4.87.